The van der Waals surface area contributed by atoms with Crippen LogP contribution in [0.2, 0.25) is 5.02 Å². The fourth-order valence-electron chi connectivity index (χ4n) is 1.73. The summed E-state index contributed by atoms with van der Waals surface area (Å²) in [6.45, 7) is 0.126. The van der Waals surface area contributed by atoms with Crippen molar-refractivity contribution in [1.29, 1.82) is 0 Å². The number of benzene rings is 2. The Morgan fingerprint density at radius 1 is 1.10 bits per heavy atom. The van der Waals surface area contributed by atoms with Crippen molar-refractivity contribution in [2.24, 2.45) is 0 Å². The highest BCUT2D eigenvalue weighted by Gasteiger charge is 2.30. The lowest BCUT2D eigenvalue weighted by Gasteiger charge is -2.14. The molecule has 0 aliphatic carbocycles. The summed E-state index contributed by atoms with van der Waals surface area (Å²) in [5, 5.41) is 12.9. The Bertz CT molecular complexity index is 614. The van der Waals surface area contributed by atoms with Crippen LogP contribution in [0.4, 0.5) is 18.9 Å². The lowest BCUT2D eigenvalue weighted by molar-refractivity contribution is -0.0327. The quantitative estimate of drug-likeness (QED) is 0.748. The van der Waals surface area contributed by atoms with E-state index in [1.807, 2.05) is 0 Å². The molecule has 112 valence electrons. The van der Waals surface area contributed by atoms with Gasteiger partial charge >= 0.3 is 5.51 Å². The molecule has 2 rings (SSSR count). The Balaban J connectivity index is 2.17. The van der Waals surface area contributed by atoms with Crippen LogP contribution in [0.5, 0.6) is 5.75 Å². The smallest absolute Gasteiger partial charge is 0.446 e. The summed E-state index contributed by atoms with van der Waals surface area (Å²) in [5.74, 6) is -0.00374. The number of para-hydroxylation sites is 1. The maximum absolute atomic E-state index is 12.5. The van der Waals surface area contributed by atoms with Crippen LogP contribution >= 0.6 is 23.4 Å². The Kier molecular flexibility index (Phi) is 4.90. The van der Waals surface area contributed by atoms with Crippen molar-refractivity contribution in [3.63, 3.8) is 0 Å². The van der Waals surface area contributed by atoms with Gasteiger partial charge in [0.05, 0.1) is 0 Å². The molecule has 21 heavy (non-hydrogen) atoms. The molecule has 0 bridgehead atoms. The van der Waals surface area contributed by atoms with Crippen molar-refractivity contribution in [1.82, 2.24) is 0 Å². The molecule has 0 radical (unpaired) electrons. The Morgan fingerprint density at radius 3 is 2.48 bits per heavy atom. The van der Waals surface area contributed by atoms with Crippen LogP contribution in [-0.2, 0) is 6.54 Å². The van der Waals surface area contributed by atoms with E-state index in [0.29, 0.717) is 16.3 Å². The molecule has 0 saturated carbocycles. The minimum Gasteiger partial charge on any atom is -0.508 e. The van der Waals surface area contributed by atoms with E-state index in [2.05, 4.69) is 5.32 Å². The van der Waals surface area contributed by atoms with Crippen molar-refractivity contribution >= 4 is 29.1 Å². The Labute approximate surface area is 128 Å². The number of hydrogen-bond donors (Lipinski definition) is 2. The van der Waals surface area contributed by atoms with Gasteiger partial charge in [-0.05, 0) is 36.0 Å². The van der Waals surface area contributed by atoms with E-state index >= 15 is 0 Å². The molecule has 2 aromatic rings. The van der Waals surface area contributed by atoms with Gasteiger partial charge in [0, 0.05) is 27.7 Å². The minimum absolute atomic E-state index is 0.00374. The summed E-state index contributed by atoms with van der Waals surface area (Å²) in [4.78, 5) is 0.0662. The van der Waals surface area contributed by atoms with Crippen molar-refractivity contribution in [3.05, 3.63) is 53.1 Å². The van der Waals surface area contributed by atoms with Crippen molar-refractivity contribution < 1.29 is 18.3 Å². The zero-order valence-corrected chi connectivity index (χ0v) is 12.2. The molecule has 0 aliphatic heterocycles. The van der Waals surface area contributed by atoms with E-state index in [1.165, 1.54) is 18.2 Å². The molecule has 7 heteroatoms. The number of hydrogen-bond acceptors (Lipinski definition) is 3. The van der Waals surface area contributed by atoms with Gasteiger partial charge in [-0.2, -0.15) is 13.2 Å². The SMILES string of the molecule is Oc1cccc(Cl)c1CNc1ccccc1SC(F)(F)F. The number of halogens is 4. The van der Waals surface area contributed by atoms with E-state index in [4.69, 9.17) is 11.6 Å². The van der Waals surface area contributed by atoms with Gasteiger partial charge in [0.25, 0.3) is 0 Å². The third-order valence-corrected chi connectivity index (χ3v) is 3.82. The predicted octanol–water partition coefficient (Wildman–Crippen LogP) is 5.27. The minimum atomic E-state index is -4.36. The van der Waals surface area contributed by atoms with Crippen molar-refractivity contribution in [3.8, 4) is 5.75 Å². The molecule has 0 saturated heterocycles. The van der Waals surface area contributed by atoms with Crippen LogP contribution in [0.25, 0.3) is 0 Å². The van der Waals surface area contributed by atoms with Crippen LogP contribution in [0.15, 0.2) is 47.4 Å². The molecule has 0 atom stereocenters. The molecule has 0 fully saturated rings. The van der Waals surface area contributed by atoms with Crippen LogP contribution in [0.1, 0.15) is 5.56 Å². The van der Waals surface area contributed by atoms with Crippen LogP contribution in [0.3, 0.4) is 0 Å². The molecule has 0 spiro atoms. The standard InChI is InChI=1S/C14H11ClF3NOS/c15-10-4-3-6-12(20)9(10)8-19-11-5-1-2-7-13(11)21-14(16,17)18/h1-7,19-20H,8H2. The fraction of sp³-hybridized carbons (Fsp3) is 0.143. The van der Waals surface area contributed by atoms with Gasteiger partial charge in [-0.15, -0.1) is 0 Å². The van der Waals surface area contributed by atoms with Gasteiger partial charge in [0.1, 0.15) is 5.75 Å². The normalized spacial score (nSPS) is 11.4. The number of alkyl halides is 3. The Hall–Kier alpha value is -1.53. The van der Waals surface area contributed by atoms with Gasteiger partial charge in [-0.3, -0.25) is 0 Å². The van der Waals surface area contributed by atoms with E-state index in [0.717, 1.165) is 0 Å². The zero-order chi connectivity index (χ0) is 15.5. The first kappa shape index (κ1) is 15.9. The molecule has 0 aromatic heterocycles. The molecule has 0 amide bonds. The lowest BCUT2D eigenvalue weighted by Crippen LogP contribution is -2.04. The van der Waals surface area contributed by atoms with E-state index in [-0.39, 0.29) is 29.0 Å². The second-order valence-corrected chi connectivity index (χ2v) is 5.65. The van der Waals surface area contributed by atoms with E-state index in [9.17, 15) is 18.3 Å². The summed E-state index contributed by atoms with van der Waals surface area (Å²) < 4.78 is 37.5. The molecule has 2 nitrogen and oxygen atoms in total. The monoisotopic (exact) mass is 333 g/mol. The summed E-state index contributed by atoms with van der Waals surface area (Å²) in [5.41, 5.74) is -3.59. The zero-order valence-electron chi connectivity index (χ0n) is 10.6. The molecule has 0 heterocycles. The first-order valence-corrected chi connectivity index (χ1v) is 7.11. The van der Waals surface area contributed by atoms with Crippen molar-refractivity contribution in [2.75, 3.05) is 5.32 Å². The molecule has 2 aromatic carbocycles. The maximum atomic E-state index is 12.5. The highest BCUT2D eigenvalue weighted by Crippen LogP contribution is 2.40. The third kappa shape index (κ3) is 4.47. The average Bonchev–Trinajstić information content (AvgIpc) is 2.38. The summed E-state index contributed by atoms with van der Waals surface area (Å²) in [7, 11) is 0. The first-order chi connectivity index (χ1) is 9.87. The molecule has 0 unspecified atom stereocenters. The van der Waals surface area contributed by atoms with Gasteiger partial charge in [0.2, 0.25) is 0 Å². The second-order valence-electron chi connectivity index (χ2n) is 4.14. The Morgan fingerprint density at radius 2 is 1.81 bits per heavy atom. The number of rotatable bonds is 4. The summed E-state index contributed by atoms with van der Waals surface area (Å²) >= 11 is 5.77. The molecular weight excluding hydrogens is 323 g/mol. The number of phenols is 1. The van der Waals surface area contributed by atoms with E-state index in [1.54, 1.807) is 24.3 Å². The average molecular weight is 334 g/mol. The summed E-state index contributed by atoms with van der Waals surface area (Å²) in [6, 6.07) is 10.8. The number of phenolic OH excluding ortho intramolecular Hbond substituents is 1. The highest BCUT2D eigenvalue weighted by molar-refractivity contribution is 8.00. The van der Waals surface area contributed by atoms with Gasteiger partial charge in [-0.1, -0.05) is 29.8 Å². The van der Waals surface area contributed by atoms with Crippen LogP contribution in [-0.4, -0.2) is 10.6 Å². The molecule has 2 N–H and O–H groups in total. The number of aromatic hydroxyl groups is 1. The third-order valence-electron chi connectivity index (χ3n) is 2.66. The van der Waals surface area contributed by atoms with Crippen LogP contribution < -0.4 is 5.32 Å². The molecular formula is C14H11ClF3NOS. The summed E-state index contributed by atoms with van der Waals surface area (Å²) in [6.07, 6.45) is 0. The van der Waals surface area contributed by atoms with Gasteiger partial charge in [-0.25, -0.2) is 0 Å². The topological polar surface area (TPSA) is 32.3 Å². The second kappa shape index (κ2) is 6.49. The van der Waals surface area contributed by atoms with E-state index < -0.39 is 5.51 Å². The maximum Gasteiger partial charge on any atom is 0.446 e. The predicted molar refractivity (Wildman–Crippen MR) is 78.8 cm³/mol. The van der Waals surface area contributed by atoms with Crippen molar-refractivity contribution in [2.45, 2.75) is 16.9 Å². The first-order valence-electron chi connectivity index (χ1n) is 5.92. The lowest BCUT2D eigenvalue weighted by atomic mass is 10.2. The fourth-order valence-corrected chi connectivity index (χ4v) is 2.61. The van der Waals surface area contributed by atoms with Crippen LogP contribution in [0, 0.1) is 0 Å². The van der Waals surface area contributed by atoms with Gasteiger partial charge in [0.15, 0.2) is 0 Å². The number of anilines is 1. The number of thioether (sulfide) groups is 1. The highest BCUT2D eigenvalue weighted by atomic mass is 35.5. The van der Waals surface area contributed by atoms with Gasteiger partial charge < -0.3 is 10.4 Å². The largest absolute Gasteiger partial charge is 0.508 e. The number of nitrogens with one attached hydrogen (secondary N) is 1. The molecule has 0 aliphatic rings.